The van der Waals surface area contributed by atoms with Crippen LogP contribution >= 0.6 is 12.4 Å². The Kier molecular flexibility index (Phi) is 6.05. The van der Waals surface area contributed by atoms with Crippen LogP contribution < -0.4 is 10.6 Å². The van der Waals surface area contributed by atoms with Crippen molar-refractivity contribution < 1.29 is 14.3 Å². The van der Waals surface area contributed by atoms with Crippen molar-refractivity contribution >= 4 is 18.3 Å². The van der Waals surface area contributed by atoms with Crippen LogP contribution in [-0.2, 0) is 14.3 Å². The summed E-state index contributed by atoms with van der Waals surface area (Å²) in [5.74, 6) is -0.0385. The zero-order valence-corrected chi connectivity index (χ0v) is 10.1. The number of halogens is 1. The highest BCUT2D eigenvalue weighted by Gasteiger charge is 2.25. The van der Waals surface area contributed by atoms with Gasteiger partial charge in [-0.05, 0) is 19.4 Å². The van der Waals surface area contributed by atoms with Gasteiger partial charge in [0.15, 0.2) is 6.10 Å². The van der Waals surface area contributed by atoms with Crippen molar-refractivity contribution in [3.8, 4) is 0 Å². The SMILES string of the molecule is Cl.O=C(NC1CCCNC1)C1COCCO1. The molecular formula is C10H19ClN2O3. The van der Waals surface area contributed by atoms with Crippen LogP contribution in [0.25, 0.3) is 0 Å². The summed E-state index contributed by atoms with van der Waals surface area (Å²) in [5, 5.41) is 6.24. The zero-order valence-electron chi connectivity index (χ0n) is 9.24. The molecule has 0 aliphatic carbocycles. The van der Waals surface area contributed by atoms with Gasteiger partial charge < -0.3 is 20.1 Å². The molecule has 94 valence electrons. The van der Waals surface area contributed by atoms with Crippen molar-refractivity contribution in [3.05, 3.63) is 0 Å². The van der Waals surface area contributed by atoms with Crippen LogP contribution in [-0.4, -0.2) is 51.0 Å². The van der Waals surface area contributed by atoms with Gasteiger partial charge in [0.25, 0.3) is 5.91 Å². The predicted molar refractivity (Wildman–Crippen MR) is 61.8 cm³/mol. The highest BCUT2D eigenvalue weighted by Crippen LogP contribution is 2.04. The minimum absolute atomic E-state index is 0. The highest BCUT2D eigenvalue weighted by molar-refractivity contribution is 5.85. The average Bonchev–Trinajstić information content (AvgIpc) is 2.31. The first-order valence-electron chi connectivity index (χ1n) is 5.57. The van der Waals surface area contributed by atoms with Gasteiger partial charge in [-0.1, -0.05) is 0 Å². The standard InChI is InChI=1S/C10H18N2O3.ClH/c13-10(9-7-14-4-5-15-9)12-8-2-1-3-11-6-8;/h8-9,11H,1-7H2,(H,12,13);1H. The maximum absolute atomic E-state index is 11.7. The normalized spacial score (nSPS) is 30.2. The van der Waals surface area contributed by atoms with E-state index in [2.05, 4.69) is 10.6 Å². The first kappa shape index (κ1) is 13.7. The molecule has 0 aromatic rings. The van der Waals surface area contributed by atoms with E-state index in [1.165, 1.54) is 0 Å². The number of nitrogens with one attached hydrogen (secondary N) is 2. The number of amides is 1. The smallest absolute Gasteiger partial charge is 0.251 e. The van der Waals surface area contributed by atoms with Crippen LogP contribution in [0.1, 0.15) is 12.8 Å². The molecule has 0 bridgehead atoms. The van der Waals surface area contributed by atoms with Gasteiger partial charge in [0, 0.05) is 12.6 Å². The Morgan fingerprint density at radius 2 is 2.25 bits per heavy atom. The summed E-state index contributed by atoms with van der Waals surface area (Å²) >= 11 is 0. The molecule has 2 heterocycles. The number of hydrogen-bond acceptors (Lipinski definition) is 4. The number of hydrogen-bond donors (Lipinski definition) is 2. The van der Waals surface area contributed by atoms with E-state index in [1.54, 1.807) is 0 Å². The number of carbonyl (C=O) groups excluding carboxylic acids is 1. The molecule has 0 radical (unpaired) electrons. The fraction of sp³-hybridized carbons (Fsp3) is 0.900. The molecule has 2 saturated heterocycles. The van der Waals surface area contributed by atoms with Crippen molar-refractivity contribution in [2.24, 2.45) is 0 Å². The van der Waals surface area contributed by atoms with E-state index in [1.807, 2.05) is 0 Å². The number of carbonyl (C=O) groups is 1. The lowest BCUT2D eigenvalue weighted by molar-refractivity contribution is -0.148. The molecule has 2 N–H and O–H groups in total. The second-order valence-electron chi connectivity index (χ2n) is 3.99. The summed E-state index contributed by atoms with van der Waals surface area (Å²) in [6.45, 7) is 3.40. The molecule has 5 nitrogen and oxygen atoms in total. The maximum atomic E-state index is 11.7. The van der Waals surface area contributed by atoms with E-state index in [9.17, 15) is 4.79 Å². The van der Waals surface area contributed by atoms with Crippen molar-refractivity contribution in [2.75, 3.05) is 32.9 Å². The van der Waals surface area contributed by atoms with E-state index in [0.29, 0.717) is 19.8 Å². The molecule has 16 heavy (non-hydrogen) atoms. The summed E-state index contributed by atoms with van der Waals surface area (Å²) in [6.07, 6.45) is 1.75. The van der Waals surface area contributed by atoms with Gasteiger partial charge in [0.1, 0.15) is 0 Å². The molecule has 2 atom stereocenters. The van der Waals surface area contributed by atoms with Crippen molar-refractivity contribution in [3.63, 3.8) is 0 Å². The number of ether oxygens (including phenoxy) is 2. The average molecular weight is 251 g/mol. The first-order chi connectivity index (χ1) is 7.36. The van der Waals surface area contributed by atoms with Crippen LogP contribution in [0.4, 0.5) is 0 Å². The molecule has 6 heteroatoms. The largest absolute Gasteiger partial charge is 0.376 e. The molecule has 0 aromatic heterocycles. The molecule has 0 saturated carbocycles. The molecule has 2 fully saturated rings. The lowest BCUT2D eigenvalue weighted by atomic mass is 10.1. The summed E-state index contributed by atoms with van der Waals surface area (Å²) in [4.78, 5) is 11.7. The molecule has 2 unspecified atom stereocenters. The van der Waals surface area contributed by atoms with Gasteiger partial charge in [0.2, 0.25) is 0 Å². The Bertz CT molecular complexity index is 216. The van der Waals surface area contributed by atoms with Gasteiger partial charge in [-0.2, -0.15) is 0 Å². The Morgan fingerprint density at radius 3 is 2.88 bits per heavy atom. The third kappa shape index (κ3) is 3.90. The number of rotatable bonds is 2. The molecular weight excluding hydrogens is 232 g/mol. The molecule has 0 spiro atoms. The first-order valence-corrected chi connectivity index (χ1v) is 5.57. The molecule has 2 aliphatic heterocycles. The number of piperidine rings is 1. The van der Waals surface area contributed by atoms with E-state index in [-0.39, 0.29) is 24.4 Å². The van der Waals surface area contributed by atoms with E-state index in [4.69, 9.17) is 9.47 Å². The fourth-order valence-electron chi connectivity index (χ4n) is 1.91. The second kappa shape index (κ2) is 7.06. The lowest BCUT2D eigenvalue weighted by Gasteiger charge is -2.27. The fourth-order valence-corrected chi connectivity index (χ4v) is 1.91. The molecule has 2 aliphatic rings. The second-order valence-corrected chi connectivity index (χ2v) is 3.99. The summed E-state index contributed by atoms with van der Waals surface area (Å²) < 4.78 is 10.5. The van der Waals surface area contributed by atoms with Gasteiger partial charge >= 0.3 is 0 Å². The maximum Gasteiger partial charge on any atom is 0.251 e. The molecule has 2 rings (SSSR count). The minimum Gasteiger partial charge on any atom is -0.376 e. The summed E-state index contributed by atoms with van der Waals surface area (Å²) in [5.41, 5.74) is 0. The van der Waals surface area contributed by atoms with E-state index in [0.717, 1.165) is 25.9 Å². The quantitative estimate of drug-likeness (QED) is 0.706. The van der Waals surface area contributed by atoms with Gasteiger partial charge in [-0.3, -0.25) is 4.79 Å². The minimum atomic E-state index is -0.416. The van der Waals surface area contributed by atoms with Crippen LogP contribution in [0, 0.1) is 0 Å². The van der Waals surface area contributed by atoms with Crippen LogP contribution in [0.15, 0.2) is 0 Å². The van der Waals surface area contributed by atoms with Crippen molar-refractivity contribution in [2.45, 2.75) is 25.0 Å². The highest BCUT2D eigenvalue weighted by atomic mass is 35.5. The van der Waals surface area contributed by atoms with Crippen LogP contribution in [0.3, 0.4) is 0 Å². The molecule has 1 amide bonds. The summed E-state index contributed by atoms with van der Waals surface area (Å²) in [7, 11) is 0. The summed E-state index contributed by atoms with van der Waals surface area (Å²) in [6, 6.07) is 0.247. The predicted octanol–water partition coefficient (Wildman–Crippen LogP) is -0.308. The van der Waals surface area contributed by atoms with Gasteiger partial charge in [-0.25, -0.2) is 0 Å². The third-order valence-corrected chi connectivity index (χ3v) is 2.75. The topological polar surface area (TPSA) is 59.6 Å². The van der Waals surface area contributed by atoms with Crippen molar-refractivity contribution in [1.82, 2.24) is 10.6 Å². The van der Waals surface area contributed by atoms with Gasteiger partial charge in [-0.15, -0.1) is 12.4 Å². The lowest BCUT2D eigenvalue weighted by Crippen LogP contribution is -2.51. The Morgan fingerprint density at radius 1 is 1.38 bits per heavy atom. The van der Waals surface area contributed by atoms with E-state index < -0.39 is 6.10 Å². The third-order valence-electron chi connectivity index (χ3n) is 2.75. The Balaban J connectivity index is 0.00000128. The zero-order chi connectivity index (χ0) is 10.5. The van der Waals surface area contributed by atoms with E-state index >= 15 is 0 Å². The Hall–Kier alpha value is -0.360. The Labute approximate surface area is 102 Å². The van der Waals surface area contributed by atoms with Gasteiger partial charge in [0.05, 0.1) is 19.8 Å². The van der Waals surface area contributed by atoms with Crippen LogP contribution in [0.2, 0.25) is 0 Å². The van der Waals surface area contributed by atoms with Crippen LogP contribution in [0.5, 0.6) is 0 Å². The monoisotopic (exact) mass is 250 g/mol. The molecule has 0 aromatic carbocycles. The van der Waals surface area contributed by atoms with Crippen molar-refractivity contribution in [1.29, 1.82) is 0 Å².